The first-order valence-corrected chi connectivity index (χ1v) is 10.2. The van der Waals surface area contributed by atoms with E-state index in [4.69, 9.17) is 40.6 Å². The van der Waals surface area contributed by atoms with Crippen molar-refractivity contribution in [2.24, 2.45) is 16.8 Å². The highest BCUT2D eigenvalue weighted by atomic mass is 35.5. The van der Waals surface area contributed by atoms with Crippen molar-refractivity contribution in [3.05, 3.63) is 52.4 Å². The summed E-state index contributed by atoms with van der Waals surface area (Å²) in [5, 5.41) is 13.5. The first-order valence-electron chi connectivity index (χ1n) is 9.46. The summed E-state index contributed by atoms with van der Waals surface area (Å²) in [4.78, 5) is 4.28. The molecular weight excluding hydrogens is 425 g/mol. The molecule has 0 aliphatic carbocycles. The van der Waals surface area contributed by atoms with Gasteiger partial charge in [-0.1, -0.05) is 36.2 Å². The van der Waals surface area contributed by atoms with Crippen LogP contribution in [0.25, 0.3) is 11.1 Å². The third kappa shape index (κ3) is 4.93. The van der Waals surface area contributed by atoms with Crippen LogP contribution < -0.4 is 22.7 Å². The number of aromatic nitrogens is 3. The van der Waals surface area contributed by atoms with Gasteiger partial charge in [-0.15, -0.1) is 0 Å². The van der Waals surface area contributed by atoms with Crippen LogP contribution in [0.15, 0.2) is 52.0 Å². The molecule has 30 heavy (non-hydrogen) atoms. The summed E-state index contributed by atoms with van der Waals surface area (Å²) in [5.74, 6) is 12.3. The average Bonchev–Trinajstić information content (AvgIpc) is 3.15. The van der Waals surface area contributed by atoms with Gasteiger partial charge in [-0.25, -0.2) is 10.8 Å². The molecule has 0 saturated carbocycles. The number of nitrogens with one attached hydrogen (secondary N) is 1. The SMILES string of the molecule is CC/C=C\C(Cl)=C(\Cl)CN(N)/C(=N\N)c1cc(-c2cnn(C3CNC3)c2)cnc1N. The molecule has 0 bridgehead atoms. The summed E-state index contributed by atoms with van der Waals surface area (Å²) < 4.78 is 1.94. The molecule has 0 spiro atoms. The van der Waals surface area contributed by atoms with Crippen LogP contribution in [0, 0.1) is 0 Å². The van der Waals surface area contributed by atoms with Crippen molar-refractivity contribution in [3.8, 4) is 11.1 Å². The lowest BCUT2D eigenvalue weighted by atomic mass is 10.1. The molecule has 0 aromatic carbocycles. The number of allylic oxidation sites excluding steroid dienone is 3. The van der Waals surface area contributed by atoms with E-state index in [1.807, 2.05) is 29.9 Å². The number of anilines is 1. The highest BCUT2D eigenvalue weighted by Gasteiger charge is 2.21. The Balaban J connectivity index is 1.84. The fraction of sp³-hybridized carbons (Fsp3) is 0.316. The van der Waals surface area contributed by atoms with E-state index in [-0.39, 0.29) is 18.2 Å². The van der Waals surface area contributed by atoms with Gasteiger partial charge in [-0.3, -0.25) is 9.69 Å². The molecule has 11 heteroatoms. The topological polar surface area (TPSA) is 136 Å². The van der Waals surface area contributed by atoms with Crippen LogP contribution in [-0.4, -0.2) is 45.2 Å². The number of amidine groups is 1. The van der Waals surface area contributed by atoms with Crippen molar-refractivity contribution in [2.75, 3.05) is 25.4 Å². The number of hydrogen-bond acceptors (Lipinski definition) is 7. The molecule has 1 aliphatic rings. The lowest BCUT2D eigenvalue weighted by molar-refractivity contribution is 0.318. The molecule has 0 atom stereocenters. The number of nitrogens with zero attached hydrogens (tertiary/aromatic N) is 5. The molecule has 1 saturated heterocycles. The highest BCUT2D eigenvalue weighted by molar-refractivity contribution is 6.40. The predicted molar refractivity (Wildman–Crippen MR) is 122 cm³/mol. The van der Waals surface area contributed by atoms with Crippen molar-refractivity contribution in [2.45, 2.75) is 19.4 Å². The first-order chi connectivity index (χ1) is 14.4. The number of hydrogen-bond donors (Lipinski definition) is 4. The van der Waals surface area contributed by atoms with Gasteiger partial charge in [-0.2, -0.15) is 10.2 Å². The largest absolute Gasteiger partial charge is 0.383 e. The Labute approximate surface area is 185 Å². The van der Waals surface area contributed by atoms with Crippen LogP contribution in [-0.2, 0) is 0 Å². The van der Waals surface area contributed by atoms with E-state index in [0.717, 1.165) is 30.6 Å². The Kier molecular flexibility index (Phi) is 7.33. The van der Waals surface area contributed by atoms with Gasteiger partial charge in [0.2, 0.25) is 0 Å². The molecular formula is C19H25Cl2N9. The van der Waals surface area contributed by atoms with Crippen molar-refractivity contribution in [1.29, 1.82) is 0 Å². The van der Waals surface area contributed by atoms with Gasteiger partial charge in [0.05, 0.1) is 34.4 Å². The van der Waals surface area contributed by atoms with E-state index >= 15 is 0 Å². The second kappa shape index (κ2) is 9.94. The molecule has 9 nitrogen and oxygen atoms in total. The molecule has 2 aromatic rings. The maximum absolute atomic E-state index is 6.28. The molecule has 2 aromatic heterocycles. The van der Waals surface area contributed by atoms with E-state index in [0.29, 0.717) is 21.7 Å². The predicted octanol–water partition coefficient (Wildman–Crippen LogP) is 2.12. The van der Waals surface area contributed by atoms with Crippen LogP contribution in [0.1, 0.15) is 24.9 Å². The van der Waals surface area contributed by atoms with Gasteiger partial charge in [0.15, 0.2) is 5.84 Å². The summed E-state index contributed by atoms with van der Waals surface area (Å²) in [6.45, 7) is 3.91. The van der Waals surface area contributed by atoms with E-state index in [9.17, 15) is 0 Å². The summed E-state index contributed by atoms with van der Waals surface area (Å²) in [6.07, 6.45) is 9.89. The number of pyridine rings is 1. The zero-order valence-electron chi connectivity index (χ0n) is 16.6. The minimum Gasteiger partial charge on any atom is -0.383 e. The van der Waals surface area contributed by atoms with Crippen LogP contribution in [0.3, 0.4) is 0 Å². The Morgan fingerprint density at radius 1 is 1.37 bits per heavy atom. The van der Waals surface area contributed by atoms with Crippen molar-refractivity contribution in [1.82, 2.24) is 25.1 Å². The Morgan fingerprint density at radius 2 is 2.13 bits per heavy atom. The quantitative estimate of drug-likeness (QED) is 0.167. The summed E-state index contributed by atoms with van der Waals surface area (Å²) in [6, 6.07) is 2.19. The van der Waals surface area contributed by atoms with Crippen LogP contribution in [0.5, 0.6) is 0 Å². The molecule has 160 valence electrons. The van der Waals surface area contributed by atoms with Gasteiger partial charge >= 0.3 is 0 Å². The van der Waals surface area contributed by atoms with E-state index < -0.39 is 0 Å². The average molecular weight is 450 g/mol. The second-order valence-corrected chi connectivity index (χ2v) is 7.69. The Bertz CT molecular complexity index is 976. The van der Waals surface area contributed by atoms with Gasteiger partial charge in [0, 0.05) is 36.6 Å². The summed E-state index contributed by atoms with van der Waals surface area (Å²) >= 11 is 12.5. The number of rotatable bonds is 7. The lowest BCUT2D eigenvalue weighted by Crippen LogP contribution is -2.43. The lowest BCUT2D eigenvalue weighted by Gasteiger charge is -2.27. The molecule has 7 N–H and O–H groups in total. The van der Waals surface area contributed by atoms with E-state index in [1.165, 1.54) is 5.01 Å². The van der Waals surface area contributed by atoms with Crippen molar-refractivity contribution in [3.63, 3.8) is 0 Å². The van der Waals surface area contributed by atoms with E-state index in [2.05, 4.69) is 20.5 Å². The standard InChI is InChI=1S/C19H25Cl2N9/c1-2-3-4-16(20)17(21)11-29(24)19(28-23)15-5-12(6-26-18(15)22)13-7-27-30(10-13)14-8-25-9-14/h3-7,10,14,25H,2,8-9,11,23-24H2,1H3,(H2,22,26)/b4-3-,17-16-,28-19-. The van der Waals surface area contributed by atoms with Crippen LogP contribution >= 0.6 is 23.2 Å². The molecule has 0 unspecified atom stereocenters. The maximum atomic E-state index is 6.28. The first kappa shape index (κ1) is 22.1. The number of hydrazone groups is 1. The maximum Gasteiger partial charge on any atom is 0.173 e. The highest BCUT2D eigenvalue weighted by Crippen LogP contribution is 2.25. The van der Waals surface area contributed by atoms with Gasteiger partial charge in [0.1, 0.15) is 5.82 Å². The summed E-state index contributed by atoms with van der Waals surface area (Å²) in [5.41, 5.74) is 8.29. The van der Waals surface area contributed by atoms with Crippen molar-refractivity contribution < 1.29 is 0 Å². The fourth-order valence-electron chi connectivity index (χ4n) is 2.87. The number of halogens is 2. The third-order valence-corrected chi connectivity index (χ3v) is 5.46. The Morgan fingerprint density at radius 3 is 2.77 bits per heavy atom. The molecule has 1 fully saturated rings. The minimum atomic E-state index is 0.0980. The molecule has 1 aliphatic heterocycles. The Hall–Kier alpha value is -2.59. The number of nitrogens with two attached hydrogens (primary N) is 3. The van der Waals surface area contributed by atoms with Gasteiger partial charge in [0.25, 0.3) is 0 Å². The zero-order valence-corrected chi connectivity index (χ0v) is 18.1. The van der Waals surface area contributed by atoms with Gasteiger partial charge < -0.3 is 16.9 Å². The number of hydrazine groups is 1. The second-order valence-electron chi connectivity index (χ2n) is 6.82. The molecule has 0 amide bonds. The number of nitrogen functional groups attached to an aromatic ring is 1. The van der Waals surface area contributed by atoms with Crippen molar-refractivity contribution >= 4 is 34.9 Å². The van der Waals surface area contributed by atoms with E-state index in [1.54, 1.807) is 18.5 Å². The normalized spacial score (nSPS) is 15.9. The zero-order chi connectivity index (χ0) is 21.7. The molecule has 0 radical (unpaired) electrons. The molecule has 3 rings (SSSR count). The minimum absolute atomic E-state index is 0.0980. The smallest absolute Gasteiger partial charge is 0.173 e. The van der Waals surface area contributed by atoms with Crippen LogP contribution in [0.4, 0.5) is 5.82 Å². The van der Waals surface area contributed by atoms with Gasteiger partial charge in [-0.05, 0) is 18.6 Å². The third-order valence-electron chi connectivity index (χ3n) is 4.69. The fourth-order valence-corrected chi connectivity index (χ4v) is 3.21. The molecule has 3 heterocycles. The monoisotopic (exact) mass is 449 g/mol. The summed E-state index contributed by atoms with van der Waals surface area (Å²) in [7, 11) is 0. The van der Waals surface area contributed by atoms with Crippen LogP contribution in [0.2, 0.25) is 0 Å².